The van der Waals surface area contributed by atoms with E-state index in [2.05, 4.69) is 28.0 Å². The minimum Gasteiger partial charge on any atom is -0.272 e. The molecular weight excluding hydrogens is 348 g/mol. The van der Waals surface area contributed by atoms with Gasteiger partial charge in [-0.1, -0.05) is 6.92 Å². The molecule has 2 aromatic heterocycles. The average Bonchev–Trinajstić information content (AvgIpc) is 2.88. The van der Waals surface area contributed by atoms with Crippen LogP contribution in [0.25, 0.3) is 0 Å². The van der Waals surface area contributed by atoms with Gasteiger partial charge >= 0.3 is 0 Å². The molecule has 0 fully saturated rings. The molecule has 0 atom stereocenters. The second-order valence-corrected chi connectivity index (χ2v) is 8.92. The van der Waals surface area contributed by atoms with Gasteiger partial charge in [-0.3, -0.25) is 4.68 Å². The maximum Gasteiger partial charge on any atom is 0.161 e. The highest BCUT2D eigenvalue weighted by Gasteiger charge is 2.16. The van der Waals surface area contributed by atoms with Gasteiger partial charge in [0.05, 0.1) is 21.0 Å². The largest absolute Gasteiger partial charge is 0.272 e. The number of aryl methyl sites for hydroxylation is 1. The van der Waals surface area contributed by atoms with Gasteiger partial charge in [0.25, 0.3) is 0 Å². The van der Waals surface area contributed by atoms with Crippen LogP contribution in [0, 0.1) is 0 Å². The number of hydrogen-bond donors (Lipinski definition) is 0. The van der Waals surface area contributed by atoms with E-state index < -0.39 is 9.84 Å². The van der Waals surface area contributed by atoms with Crippen LogP contribution in [0.3, 0.4) is 0 Å². The molecule has 7 heteroatoms. The van der Waals surface area contributed by atoms with Crippen LogP contribution < -0.4 is 0 Å². The smallest absolute Gasteiger partial charge is 0.161 e. The van der Waals surface area contributed by atoms with Crippen molar-refractivity contribution in [1.29, 1.82) is 0 Å². The van der Waals surface area contributed by atoms with Crippen LogP contribution in [0.15, 0.2) is 28.2 Å². The summed E-state index contributed by atoms with van der Waals surface area (Å²) in [5, 5.41) is 4.26. The van der Waals surface area contributed by atoms with Gasteiger partial charge in [-0.15, -0.1) is 11.3 Å². The summed E-state index contributed by atoms with van der Waals surface area (Å²) in [7, 11) is -3.16. The van der Waals surface area contributed by atoms with Crippen molar-refractivity contribution in [2.75, 3.05) is 0 Å². The zero-order chi connectivity index (χ0) is 13.9. The van der Waals surface area contributed by atoms with Crippen molar-refractivity contribution < 1.29 is 8.42 Å². The topological polar surface area (TPSA) is 52.0 Å². The van der Waals surface area contributed by atoms with Gasteiger partial charge in [-0.2, -0.15) is 5.10 Å². The molecule has 4 nitrogen and oxygen atoms in total. The monoisotopic (exact) mass is 362 g/mol. The molecule has 0 aliphatic rings. The molecule has 2 aromatic rings. The van der Waals surface area contributed by atoms with Gasteiger partial charge in [0, 0.05) is 17.6 Å². The van der Waals surface area contributed by atoms with Crippen molar-refractivity contribution in [1.82, 2.24) is 9.78 Å². The zero-order valence-electron chi connectivity index (χ0n) is 10.5. The second-order valence-electron chi connectivity index (χ2n) is 4.31. The molecule has 0 spiro atoms. The first-order valence-electron chi connectivity index (χ1n) is 5.95. The molecule has 0 saturated heterocycles. The van der Waals surface area contributed by atoms with Gasteiger partial charge in [0.1, 0.15) is 0 Å². The summed E-state index contributed by atoms with van der Waals surface area (Å²) in [6.07, 6.45) is 2.81. The lowest BCUT2D eigenvalue weighted by molar-refractivity contribution is 0.585. The zero-order valence-corrected chi connectivity index (χ0v) is 13.8. The number of nitrogens with zero attached hydrogens (tertiary/aromatic N) is 2. The first kappa shape index (κ1) is 14.7. The number of thiophene rings is 1. The van der Waals surface area contributed by atoms with Crippen molar-refractivity contribution in [3.8, 4) is 0 Å². The molecule has 0 N–H and O–H groups in total. The maximum atomic E-state index is 12.1. The third-order valence-electron chi connectivity index (χ3n) is 2.51. The van der Waals surface area contributed by atoms with Gasteiger partial charge < -0.3 is 0 Å². The fourth-order valence-corrected chi connectivity index (χ4v) is 5.05. The average molecular weight is 363 g/mol. The van der Waals surface area contributed by atoms with E-state index in [-0.39, 0.29) is 11.5 Å². The molecule has 0 unspecified atom stereocenters. The van der Waals surface area contributed by atoms with Crippen LogP contribution in [0.1, 0.15) is 23.9 Å². The number of hydrogen-bond acceptors (Lipinski definition) is 4. The molecule has 0 amide bonds. The summed E-state index contributed by atoms with van der Waals surface area (Å²) >= 11 is 4.79. The minimum absolute atomic E-state index is 0.000761. The minimum atomic E-state index is -3.16. The van der Waals surface area contributed by atoms with Gasteiger partial charge in [-0.05, 0) is 40.5 Å². The maximum absolute atomic E-state index is 12.1. The Hall–Kier alpha value is -0.660. The molecule has 104 valence electrons. The summed E-state index contributed by atoms with van der Waals surface area (Å²) in [5.74, 6) is 0.0726. The summed E-state index contributed by atoms with van der Waals surface area (Å²) in [6, 6.07) is 5.48. The number of halogens is 1. The summed E-state index contributed by atoms with van der Waals surface area (Å²) < 4.78 is 26.9. The van der Waals surface area contributed by atoms with E-state index >= 15 is 0 Å². The molecule has 0 aromatic carbocycles. The number of rotatable bonds is 6. The molecular formula is C12H15BrN2O2S2. The third kappa shape index (κ3) is 4.43. The molecule has 0 radical (unpaired) electrons. The number of sulfone groups is 1. The van der Waals surface area contributed by atoms with Crippen molar-refractivity contribution in [2.24, 2.45) is 0 Å². The molecule has 0 bridgehead atoms. The number of aromatic nitrogens is 2. The van der Waals surface area contributed by atoms with E-state index in [0.717, 1.165) is 21.6 Å². The van der Waals surface area contributed by atoms with E-state index in [4.69, 9.17) is 0 Å². The predicted molar refractivity (Wildman–Crippen MR) is 80.9 cm³/mol. The van der Waals surface area contributed by atoms with E-state index in [1.165, 1.54) is 11.3 Å². The van der Waals surface area contributed by atoms with E-state index in [1.807, 2.05) is 18.3 Å². The first-order valence-corrected chi connectivity index (χ1v) is 9.38. The highest BCUT2D eigenvalue weighted by molar-refractivity contribution is 9.11. The summed E-state index contributed by atoms with van der Waals surface area (Å²) in [6.45, 7) is 2.88. The van der Waals surface area contributed by atoms with Crippen LogP contribution in [-0.4, -0.2) is 18.2 Å². The van der Waals surface area contributed by atoms with Gasteiger partial charge in [-0.25, -0.2) is 8.42 Å². The Labute approximate surface area is 125 Å². The Morgan fingerprint density at radius 3 is 2.74 bits per heavy atom. The fourth-order valence-electron chi connectivity index (χ4n) is 1.76. The fraction of sp³-hybridized carbons (Fsp3) is 0.417. The third-order valence-corrected chi connectivity index (χ3v) is 5.80. The SMILES string of the molecule is CCCn1ccc(CS(=O)(=O)Cc2ccc(Br)s2)n1. The van der Waals surface area contributed by atoms with Crippen molar-refractivity contribution >= 4 is 37.1 Å². The highest BCUT2D eigenvalue weighted by Crippen LogP contribution is 2.24. The summed E-state index contributed by atoms with van der Waals surface area (Å²) in [4.78, 5) is 0.847. The van der Waals surface area contributed by atoms with E-state index in [0.29, 0.717) is 5.69 Å². The predicted octanol–water partition coefficient (Wildman–Crippen LogP) is 3.23. The van der Waals surface area contributed by atoms with Crippen LogP contribution >= 0.6 is 27.3 Å². The lowest BCUT2D eigenvalue weighted by Gasteiger charge is -2.00. The first-order chi connectivity index (χ1) is 8.98. The Kier molecular flexibility index (Phi) is 4.81. The van der Waals surface area contributed by atoms with Crippen LogP contribution in [-0.2, 0) is 27.9 Å². The quantitative estimate of drug-likeness (QED) is 0.792. The van der Waals surface area contributed by atoms with Crippen molar-refractivity contribution in [3.05, 3.63) is 38.8 Å². The molecule has 0 aliphatic carbocycles. The second kappa shape index (κ2) is 6.19. The normalized spacial score (nSPS) is 11.9. The lowest BCUT2D eigenvalue weighted by Crippen LogP contribution is -2.08. The van der Waals surface area contributed by atoms with Gasteiger partial charge in [0.15, 0.2) is 9.84 Å². The Morgan fingerprint density at radius 1 is 1.32 bits per heavy atom. The van der Waals surface area contributed by atoms with E-state index in [9.17, 15) is 8.42 Å². The Morgan fingerprint density at radius 2 is 2.11 bits per heavy atom. The van der Waals surface area contributed by atoms with Crippen molar-refractivity contribution in [2.45, 2.75) is 31.4 Å². The standard InChI is InChI=1S/C12H15BrN2O2S2/c1-2-6-15-7-5-10(14-15)8-19(16,17)9-11-3-4-12(13)18-11/h3-5,7H,2,6,8-9H2,1H3. The molecule has 19 heavy (non-hydrogen) atoms. The Balaban J connectivity index is 2.03. The summed E-state index contributed by atoms with van der Waals surface area (Å²) in [5.41, 5.74) is 0.615. The van der Waals surface area contributed by atoms with Crippen molar-refractivity contribution in [3.63, 3.8) is 0 Å². The van der Waals surface area contributed by atoms with E-state index in [1.54, 1.807) is 10.7 Å². The Bertz CT molecular complexity index is 646. The molecule has 2 rings (SSSR count). The van der Waals surface area contributed by atoms with Gasteiger partial charge in [0.2, 0.25) is 0 Å². The molecule has 0 saturated carbocycles. The molecule has 2 heterocycles. The van der Waals surface area contributed by atoms with Crippen LogP contribution in [0.5, 0.6) is 0 Å². The highest BCUT2D eigenvalue weighted by atomic mass is 79.9. The lowest BCUT2D eigenvalue weighted by atomic mass is 10.5. The molecule has 0 aliphatic heterocycles. The van der Waals surface area contributed by atoms with Crippen LogP contribution in [0.4, 0.5) is 0 Å². The van der Waals surface area contributed by atoms with Crippen LogP contribution in [0.2, 0.25) is 0 Å².